The molecule has 0 fully saturated rings. The van der Waals surface area contributed by atoms with Crippen molar-refractivity contribution in [1.29, 1.82) is 0 Å². The first-order chi connectivity index (χ1) is 24.4. The topological polar surface area (TPSA) is 46.7 Å². The van der Waals surface area contributed by atoms with Gasteiger partial charge in [-0.05, 0) is 65.2 Å². The van der Waals surface area contributed by atoms with Crippen LogP contribution < -0.4 is 14.5 Å². The van der Waals surface area contributed by atoms with E-state index >= 15 is 0 Å². The van der Waals surface area contributed by atoms with Crippen LogP contribution in [0.2, 0.25) is 0 Å². The number of rotatable bonds is 4. The molecule has 9 rings (SSSR count). The third kappa shape index (κ3) is 5.56. The summed E-state index contributed by atoms with van der Waals surface area (Å²) in [4.78, 5) is 9.20. The molecular weight excluding hydrogens is 824 g/mol. The van der Waals surface area contributed by atoms with E-state index in [0.29, 0.717) is 11.5 Å². The number of ether oxygens (including phenoxy) is 1. The first-order valence-corrected chi connectivity index (χ1v) is 17.4. The Kier molecular flexibility index (Phi) is 8.04. The minimum Gasteiger partial charge on any atom is -0.509 e. The Hall–Kier alpha value is -5.06. The van der Waals surface area contributed by atoms with Gasteiger partial charge in [0, 0.05) is 61.0 Å². The summed E-state index contributed by atoms with van der Waals surface area (Å²) in [6.45, 7) is 15.5. The van der Waals surface area contributed by atoms with Crippen LogP contribution in [0.1, 0.15) is 52.7 Å². The predicted octanol–water partition coefficient (Wildman–Crippen LogP) is 11.8. The van der Waals surface area contributed by atoms with E-state index in [0.717, 1.165) is 72.2 Å². The zero-order valence-corrected chi connectivity index (χ0v) is 32.6. The van der Waals surface area contributed by atoms with E-state index in [1.165, 1.54) is 5.56 Å². The SMILES string of the molecule is CN1[CH-]N(c2[c-]c(Oc3[c-]c4c(cc3)c3ccccc3n4-c3cc(C(C)(C)C)ccn3)cc(C(C)(C)C)c2)c2c1ccc1oc3ccccc3c21.[Pt]. The van der Waals surface area contributed by atoms with E-state index in [2.05, 4.69) is 161 Å². The second-order valence-corrected chi connectivity index (χ2v) is 15.6. The van der Waals surface area contributed by atoms with E-state index in [1.807, 2.05) is 24.4 Å². The molecule has 0 amide bonds. The van der Waals surface area contributed by atoms with Gasteiger partial charge in [0.1, 0.15) is 17.0 Å². The number of benzene rings is 5. The molecular formula is C45H39N4O2Pt-3. The summed E-state index contributed by atoms with van der Waals surface area (Å²) in [6.07, 6.45) is 1.90. The van der Waals surface area contributed by atoms with Crippen LogP contribution in [0.5, 0.6) is 11.5 Å². The van der Waals surface area contributed by atoms with Gasteiger partial charge in [-0.3, -0.25) is 0 Å². The van der Waals surface area contributed by atoms with Crippen LogP contribution >= 0.6 is 0 Å². The Balaban J connectivity index is 0.00000387. The zero-order chi connectivity index (χ0) is 35.2. The van der Waals surface area contributed by atoms with E-state index in [4.69, 9.17) is 14.1 Å². The molecule has 1 aliphatic rings. The average molecular weight is 863 g/mol. The van der Waals surface area contributed by atoms with Crippen molar-refractivity contribution in [2.24, 2.45) is 0 Å². The molecule has 264 valence electrons. The van der Waals surface area contributed by atoms with Gasteiger partial charge in [0.15, 0.2) is 0 Å². The van der Waals surface area contributed by atoms with Gasteiger partial charge in [-0.25, -0.2) is 4.98 Å². The molecule has 52 heavy (non-hydrogen) atoms. The molecule has 4 heterocycles. The largest absolute Gasteiger partial charge is 0.509 e. The summed E-state index contributed by atoms with van der Waals surface area (Å²) >= 11 is 0. The van der Waals surface area contributed by atoms with Crippen LogP contribution in [-0.2, 0) is 31.9 Å². The van der Waals surface area contributed by atoms with Crippen LogP contribution in [0, 0.1) is 18.8 Å². The van der Waals surface area contributed by atoms with Crippen molar-refractivity contribution >= 4 is 60.8 Å². The molecule has 5 aromatic carbocycles. The number of para-hydroxylation sites is 2. The Labute approximate surface area is 318 Å². The molecule has 0 radical (unpaired) electrons. The van der Waals surface area contributed by atoms with Crippen LogP contribution in [0.4, 0.5) is 17.1 Å². The number of fused-ring (bicyclic) bond motifs is 8. The molecule has 1 aliphatic heterocycles. The van der Waals surface area contributed by atoms with Crippen molar-refractivity contribution in [3.63, 3.8) is 0 Å². The maximum atomic E-state index is 6.73. The van der Waals surface area contributed by atoms with Gasteiger partial charge >= 0.3 is 0 Å². The van der Waals surface area contributed by atoms with Crippen molar-refractivity contribution in [2.75, 3.05) is 16.8 Å². The average Bonchev–Trinajstić information content (AvgIpc) is 3.76. The quantitative estimate of drug-likeness (QED) is 0.165. The standard InChI is InChI=1S/C45H39N4O2.Pt/c1-44(2,3)28-20-21-46-41(24-28)49-36-14-10-8-12-33(36)34-17-16-31(26-38(34)49)50-32-23-29(45(4,5)6)22-30(25-32)48-27-47(7)37-18-19-40-42(43(37)48)35-13-9-11-15-39(35)51-40;/h8-24,27H,1-7H3;/q-3;. The molecule has 0 bridgehead atoms. The van der Waals surface area contributed by atoms with Crippen molar-refractivity contribution in [3.8, 4) is 17.3 Å². The first kappa shape index (κ1) is 34.0. The Morgan fingerprint density at radius 1 is 0.712 bits per heavy atom. The summed E-state index contributed by atoms with van der Waals surface area (Å²) in [7, 11) is 2.08. The first-order valence-electron chi connectivity index (χ1n) is 17.4. The number of furan rings is 1. The minimum atomic E-state index is -0.144. The van der Waals surface area contributed by atoms with Crippen LogP contribution in [0.25, 0.3) is 49.6 Å². The van der Waals surface area contributed by atoms with Crippen LogP contribution in [0.15, 0.2) is 108 Å². The zero-order valence-electron chi connectivity index (χ0n) is 30.3. The van der Waals surface area contributed by atoms with Gasteiger partial charge < -0.3 is 23.5 Å². The van der Waals surface area contributed by atoms with Crippen LogP contribution in [-0.4, -0.2) is 16.6 Å². The molecule has 0 saturated heterocycles. The number of anilines is 3. The molecule has 6 nitrogen and oxygen atoms in total. The minimum absolute atomic E-state index is 0. The van der Waals surface area contributed by atoms with Gasteiger partial charge in [-0.15, -0.1) is 47.0 Å². The summed E-state index contributed by atoms with van der Waals surface area (Å²) in [5, 5.41) is 4.41. The normalized spacial score (nSPS) is 13.4. The van der Waals surface area contributed by atoms with Crippen LogP contribution in [0.3, 0.4) is 0 Å². The molecule has 0 aliphatic carbocycles. The summed E-state index contributed by atoms with van der Waals surface area (Å²) in [5.74, 6) is 2.09. The van der Waals surface area contributed by atoms with Gasteiger partial charge in [-0.2, -0.15) is 12.7 Å². The summed E-state index contributed by atoms with van der Waals surface area (Å²) in [5.41, 5.74) is 8.97. The van der Waals surface area contributed by atoms with Crippen molar-refractivity contribution in [2.45, 2.75) is 52.4 Å². The number of hydrogen-bond donors (Lipinski definition) is 0. The molecule has 0 unspecified atom stereocenters. The van der Waals surface area contributed by atoms with Gasteiger partial charge in [0.25, 0.3) is 0 Å². The van der Waals surface area contributed by atoms with Gasteiger partial charge in [0.2, 0.25) is 0 Å². The van der Waals surface area contributed by atoms with E-state index in [1.54, 1.807) is 0 Å². The fraction of sp³-hybridized carbons (Fsp3) is 0.200. The second kappa shape index (κ2) is 12.3. The summed E-state index contributed by atoms with van der Waals surface area (Å²) in [6, 6.07) is 40.9. The van der Waals surface area contributed by atoms with Gasteiger partial charge in [0.05, 0.1) is 5.39 Å². The monoisotopic (exact) mass is 862 g/mol. The van der Waals surface area contributed by atoms with Crippen molar-refractivity contribution in [3.05, 3.63) is 133 Å². The van der Waals surface area contributed by atoms with E-state index in [-0.39, 0.29) is 31.9 Å². The van der Waals surface area contributed by atoms with Crippen molar-refractivity contribution < 1.29 is 30.2 Å². The fourth-order valence-corrected chi connectivity index (χ4v) is 7.24. The third-order valence-electron chi connectivity index (χ3n) is 9.98. The Bertz CT molecular complexity index is 2660. The Morgan fingerprint density at radius 3 is 2.25 bits per heavy atom. The summed E-state index contributed by atoms with van der Waals surface area (Å²) < 4.78 is 15.2. The molecule has 0 spiro atoms. The molecule has 0 saturated carbocycles. The fourth-order valence-electron chi connectivity index (χ4n) is 7.24. The molecule has 0 atom stereocenters. The molecule has 3 aromatic heterocycles. The molecule has 0 N–H and O–H groups in total. The number of aromatic nitrogens is 2. The van der Waals surface area contributed by atoms with Crippen molar-refractivity contribution in [1.82, 2.24) is 9.55 Å². The number of nitrogens with zero attached hydrogens (tertiary/aromatic N) is 4. The molecule has 7 heteroatoms. The van der Waals surface area contributed by atoms with E-state index < -0.39 is 0 Å². The van der Waals surface area contributed by atoms with Gasteiger partial charge in [-0.1, -0.05) is 83.5 Å². The predicted molar refractivity (Wildman–Crippen MR) is 209 cm³/mol. The maximum absolute atomic E-state index is 6.73. The third-order valence-corrected chi connectivity index (χ3v) is 9.98. The number of hydrogen-bond acceptors (Lipinski definition) is 5. The maximum Gasteiger partial charge on any atom is 0.137 e. The molecule has 8 aromatic rings. The smallest absolute Gasteiger partial charge is 0.137 e. The number of pyridine rings is 1. The van der Waals surface area contributed by atoms with E-state index in [9.17, 15) is 0 Å². The Morgan fingerprint density at radius 2 is 1.46 bits per heavy atom. The second-order valence-electron chi connectivity index (χ2n) is 15.6.